The second-order valence-electron chi connectivity index (χ2n) is 9.08. The number of hydrogen-bond acceptors (Lipinski definition) is 2. The molecule has 0 saturated carbocycles. The van der Waals surface area contributed by atoms with Crippen LogP contribution in [-0.2, 0) is 10.8 Å². The summed E-state index contributed by atoms with van der Waals surface area (Å²) in [6.07, 6.45) is 0. The van der Waals surface area contributed by atoms with Crippen LogP contribution in [0.15, 0.2) is 109 Å². The highest BCUT2D eigenvalue weighted by Crippen LogP contribution is 2.33. The quantitative estimate of drug-likeness (QED) is 0.331. The third-order valence-electron chi connectivity index (χ3n) is 6.17. The molecule has 172 valence electrons. The standard InChI is InChI=1S/2C15H16O.H2S/c2*1-15(2,12-6-4-3-5-7-12)13-8-10-14(16)11-9-13;/h2*3-11,16H,1-2H3;1H2. The van der Waals surface area contributed by atoms with Crippen molar-refractivity contribution in [1.82, 2.24) is 0 Å². The summed E-state index contributed by atoms with van der Waals surface area (Å²) < 4.78 is 0. The van der Waals surface area contributed by atoms with Crippen LogP contribution in [0.5, 0.6) is 11.5 Å². The zero-order valence-electron chi connectivity index (χ0n) is 19.8. The Bertz CT molecular complexity index is 1010. The summed E-state index contributed by atoms with van der Waals surface area (Å²) in [6.45, 7) is 8.76. The van der Waals surface area contributed by atoms with Crippen LogP contribution in [0.1, 0.15) is 49.9 Å². The van der Waals surface area contributed by atoms with E-state index in [0.717, 1.165) is 0 Å². The Hall–Kier alpha value is -3.17. The Kier molecular flexibility index (Phi) is 8.78. The number of hydrogen-bond donors (Lipinski definition) is 2. The first-order valence-corrected chi connectivity index (χ1v) is 10.9. The molecule has 0 heterocycles. The lowest BCUT2D eigenvalue weighted by atomic mass is 9.78. The lowest BCUT2D eigenvalue weighted by Crippen LogP contribution is -2.18. The summed E-state index contributed by atoms with van der Waals surface area (Å²) in [6, 6.07) is 35.6. The van der Waals surface area contributed by atoms with Crippen molar-refractivity contribution in [1.29, 1.82) is 0 Å². The van der Waals surface area contributed by atoms with Crippen LogP contribution in [0.3, 0.4) is 0 Å². The van der Waals surface area contributed by atoms with Crippen molar-refractivity contribution < 1.29 is 10.2 Å². The van der Waals surface area contributed by atoms with Gasteiger partial charge in [0, 0.05) is 10.8 Å². The van der Waals surface area contributed by atoms with Gasteiger partial charge in [-0.15, -0.1) is 0 Å². The minimum atomic E-state index is -0.0328. The Labute approximate surface area is 205 Å². The van der Waals surface area contributed by atoms with Crippen LogP contribution < -0.4 is 0 Å². The number of phenolic OH excluding ortho intramolecular Hbond substituents is 2. The Balaban J connectivity index is 0.000000227. The van der Waals surface area contributed by atoms with Crippen molar-refractivity contribution in [2.75, 3.05) is 0 Å². The third-order valence-corrected chi connectivity index (χ3v) is 6.17. The van der Waals surface area contributed by atoms with E-state index in [1.54, 1.807) is 24.3 Å². The van der Waals surface area contributed by atoms with Gasteiger partial charge in [0.1, 0.15) is 11.5 Å². The van der Waals surface area contributed by atoms with Crippen LogP contribution in [0.2, 0.25) is 0 Å². The SMILES string of the molecule is CC(C)(c1ccccc1)c1ccc(O)cc1.CC(C)(c1ccccc1)c1ccc(O)cc1.S. The minimum absolute atomic E-state index is 0. The molecule has 0 aliphatic heterocycles. The average molecular weight is 459 g/mol. The van der Waals surface area contributed by atoms with Crippen LogP contribution in [0.25, 0.3) is 0 Å². The van der Waals surface area contributed by atoms with Gasteiger partial charge in [0.25, 0.3) is 0 Å². The van der Waals surface area contributed by atoms with Crippen molar-refractivity contribution in [2.45, 2.75) is 38.5 Å². The first-order chi connectivity index (χ1) is 15.2. The monoisotopic (exact) mass is 458 g/mol. The molecule has 2 nitrogen and oxygen atoms in total. The van der Waals surface area contributed by atoms with E-state index >= 15 is 0 Å². The number of rotatable bonds is 4. The van der Waals surface area contributed by atoms with E-state index in [9.17, 15) is 10.2 Å². The Morgan fingerprint density at radius 2 is 0.636 bits per heavy atom. The topological polar surface area (TPSA) is 40.5 Å². The fourth-order valence-electron chi connectivity index (χ4n) is 3.80. The van der Waals surface area contributed by atoms with Crippen LogP contribution >= 0.6 is 13.5 Å². The van der Waals surface area contributed by atoms with E-state index in [-0.39, 0.29) is 24.3 Å². The van der Waals surface area contributed by atoms with Crippen LogP contribution in [0, 0.1) is 0 Å². The van der Waals surface area contributed by atoms with Gasteiger partial charge in [0.05, 0.1) is 0 Å². The van der Waals surface area contributed by atoms with Crippen LogP contribution in [-0.4, -0.2) is 10.2 Å². The average Bonchev–Trinajstić information content (AvgIpc) is 2.81. The smallest absolute Gasteiger partial charge is 0.115 e. The zero-order chi connectivity index (χ0) is 23.2. The predicted molar refractivity (Wildman–Crippen MR) is 144 cm³/mol. The van der Waals surface area contributed by atoms with Crippen molar-refractivity contribution in [3.05, 3.63) is 131 Å². The largest absolute Gasteiger partial charge is 0.508 e. The highest BCUT2D eigenvalue weighted by molar-refractivity contribution is 7.59. The van der Waals surface area contributed by atoms with E-state index in [2.05, 4.69) is 76.2 Å². The summed E-state index contributed by atoms with van der Waals surface area (Å²) in [5.74, 6) is 0.625. The van der Waals surface area contributed by atoms with Crippen molar-refractivity contribution in [3.63, 3.8) is 0 Å². The second kappa shape index (κ2) is 11.1. The second-order valence-corrected chi connectivity index (χ2v) is 9.08. The van der Waals surface area contributed by atoms with Gasteiger partial charge in [-0.1, -0.05) is 113 Å². The minimum Gasteiger partial charge on any atom is -0.508 e. The molecule has 0 atom stereocenters. The lowest BCUT2D eigenvalue weighted by molar-refractivity contribution is 0.474. The highest BCUT2D eigenvalue weighted by Gasteiger charge is 2.23. The Morgan fingerprint density at radius 3 is 0.909 bits per heavy atom. The van der Waals surface area contributed by atoms with Gasteiger partial charge in [0.2, 0.25) is 0 Å². The van der Waals surface area contributed by atoms with Gasteiger partial charge in [0.15, 0.2) is 0 Å². The Morgan fingerprint density at radius 1 is 0.394 bits per heavy atom. The summed E-state index contributed by atoms with van der Waals surface area (Å²) in [5, 5.41) is 18.6. The van der Waals surface area contributed by atoms with Crippen molar-refractivity contribution >= 4 is 13.5 Å². The van der Waals surface area contributed by atoms with Crippen molar-refractivity contribution in [2.24, 2.45) is 0 Å². The van der Waals surface area contributed by atoms with Gasteiger partial charge in [-0.2, -0.15) is 13.5 Å². The van der Waals surface area contributed by atoms with Gasteiger partial charge in [-0.05, 0) is 46.5 Å². The molecule has 2 N–H and O–H groups in total. The van der Waals surface area contributed by atoms with E-state index in [1.807, 2.05) is 36.4 Å². The summed E-state index contributed by atoms with van der Waals surface area (Å²) in [5.41, 5.74) is 4.90. The molecular weight excluding hydrogens is 424 g/mol. The fraction of sp³-hybridized carbons (Fsp3) is 0.200. The molecule has 0 fully saturated rings. The number of phenols is 2. The molecule has 3 heteroatoms. The lowest BCUT2D eigenvalue weighted by Gasteiger charge is -2.26. The van der Waals surface area contributed by atoms with E-state index in [4.69, 9.17) is 0 Å². The maximum atomic E-state index is 9.29. The van der Waals surface area contributed by atoms with Gasteiger partial charge < -0.3 is 10.2 Å². The van der Waals surface area contributed by atoms with Gasteiger partial charge in [-0.3, -0.25) is 0 Å². The molecule has 4 aromatic rings. The molecule has 0 unspecified atom stereocenters. The molecule has 33 heavy (non-hydrogen) atoms. The molecule has 0 aliphatic carbocycles. The molecule has 4 rings (SSSR count). The summed E-state index contributed by atoms with van der Waals surface area (Å²) >= 11 is 0. The fourth-order valence-corrected chi connectivity index (χ4v) is 3.80. The van der Waals surface area contributed by atoms with E-state index in [0.29, 0.717) is 11.5 Å². The number of benzene rings is 4. The third kappa shape index (κ3) is 6.43. The molecule has 0 aliphatic rings. The zero-order valence-corrected chi connectivity index (χ0v) is 20.8. The molecule has 0 spiro atoms. The molecule has 4 aromatic carbocycles. The highest BCUT2D eigenvalue weighted by atomic mass is 32.1. The molecule has 0 radical (unpaired) electrons. The normalized spacial score (nSPS) is 11.0. The first-order valence-electron chi connectivity index (χ1n) is 10.9. The molecule has 0 amide bonds. The summed E-state index contributed by atoms with van der Waals surface area (Å²) in [4.78, 5) is 0. The molecule has 0 bridgehead atoms. The number of aromatic hydroxyl groups is 2. The van der Waals surface area contributed by atoms with E-state index in [1.165, 1.54) is 22.3 Å². The van der Waals surface area contributed by atoms with Crippen LogP contribution in [0.4, 0.5) is 0 Å². The van der Waals surface area contributed by atoms with Gasteiger partial charge in [-0.25, -0.2) is 0 Å². The first kappa shape index (κ1) is 26.1. The maximum Gasteiger partial charge on any atom is 0.115 e. The predicted octanol–water partition coefficient (Wildman–Crippen LogP) is 7.55. The van der Waals surface area contributed by atoms with E-state index < -0.39 is 0 Å². The summed E-state index contributed by atoms with van der Waals surface area (Å²) in [7, 11) is 0. The molecule has 0 saturated heterocycles. The van der Waals surface area contributed by atoms with Crippen molar-refractivity contribution in [3.8, 4) is 11.5 Å². The van der Waals surface area contributed by atoms with Gasteiger partial charge >= 0.3 is 0 Å². The maximum absolute atomic E-state index is 9.29. The molecular formula is C30H34O2S. The molecule has 0 aromatic heterocycles.